The van der Waals surface area contributed by atoms with Crippen LogP contribution in [0.1, 0.15) is 39.5 Å². The molecule has 0 aromatic heterocycles. The number of esters is 2. The van der Waals surface area contributed by atoms with Crippen molar-refractivity contribution in [1.82, 2.24) is 0 Å². The van der Waals surface area contributed by atoms with E-state index in [0.717, 1.165) is 19.3 Å². The fourth-order valence-corrected chi connectivity index (χ4v) is 1.17. The molecule has 0 heterocycles. The van der Waals surface area contributed by atoms with Crippen molar-refractivity contribution < 1.29 is 23.8 Å². The molecule has 0 aromatic rings. The third kappa shape index (κ3) is 9.81. The van der Waals surface area contributed by atoms with E-state index in [4.69, 9.17) is 14.2 Å². The van der Waals surface area contributed by atoms with Gasteiger partial charge in [0.25, 0.3) is 0 Å². The van der Waals surface area contributed by atoms with Gasteiger partial charge in [0.1, 0.15) is 19.3 Å². The highest BCUT2D eigenvalue weighted by molar-refractivity contribution is 5.69. The Hall–Kier alpha value is -1.10. The van der Waals surface area contributed by atoms with Gasteiger partial charge in [-0.2, -0.15) is 0 Å². The third-order valence-electron chi connectivity index (χ3n) is 2.22. The van der Waals surface area contributed by atoms with Crippen molar-refractivity contribution in [3.05, 3.63) is 0 Å². The lowest BCUT2D eigenvalue weighted by atomic mass is 10.2. The highest BCUT2D eigenvalue weighted by atomic mass is 16.6. The van der Waals surface area contributed by atoms with Crippen LogP contribution in [0.25, 0.3) is 0 Å². The second-order valence-corrected chi connectivity index (χ2v) is 3.80. The monoisotopic (exact) mass is 246 g/mol. The van der Waals surface area contributed by atoms with Gasteiger partial charge in [-0.3, -0.25) is 9.59 Å². The molecule has 0 amide bonds. The predicted octanol–water partition coefficient (Wildman–Crippen LogP) is 1.69. The van der Waals surface area contributed by atoms with Crippen molar-refractivity contribution in [2.24, 2.45) is 0 Å². The van der Waals surface area contributed by atoms with Crippen LogP contribution >= 0.6 is 0 Å². The Labute approximate surface area is 102 Å². The minimum atomic E-state index is -0.394. The Kier molecular flexibility index (Phi) is 9.43. The summed E-state index contributed by atoms with van der Waals surface area (Å²) < 4.78 is 14.8. The quantitative estimate of drug-likeness (QED) is 0.457. The molecule has 17 heavy (non-hydrogen) atoms. The van der Waals surface area contributed by atoms with E-state index in [-0.39, 0.29) is 25.2 Å². The van der Waals surface area contributed by atoms with Crippen LogP contribution in [-0.2, 0) is 23.8 Å². The molecular formula is C12H22O5. The topological polar surface area (TPSA) is 61.8 Å². The maximum atomic E-state index is 11.3. The van der Waals surface area contributed by atoms with Gasteiger partial charge in [0, 0.05) is 20.5 Å². The van der Waals surface area contributed by atoms with Crippen molar-refractivity contribution in [1.29, 1.82) is 0 Å². The molecule has 0 bridgehead atoms. The SMILES string of the molecule is CCCCCC(=O)OCC(COC(C)=O)OC. The van der Waals surface area contributed by atoms with Crippen LogP contribution in [0.2, 0.25) is 0 Å². The minimum absolute atomic E-state index is 0.105. The van der Waals surface area contributed by atoms with Crippen LogP contribution < -0.4 is 0 Å². The summed E-state index contributed by atoms with van der Waals surface area (Å²) >= 11 is 0. The fraction of sp³-hybridized carbons (Fsp3) is 0.833. The van der Waals surface area contributed by atoms with Crippen LogP contribution in [0.5, 0.6) is 0 Å². The molecule has 1 atom stereocenters. The fourth-order valence-electron chi connectivity index (χ4n) is 1.17. The molecule has 0 aliphatic heterocycles. The van der Waals surface area contributed by atoms with E-state index in [1.165, 1.54) is 14.0 Å². The van der Waals surface area contributed by atoms with Gasteiger partial charge < -0.3 is 14.2 Å². The number of methoxy groups -OCH3 is 1. The molecule has 0 aliphatic rings. The summed E-state index contributed by atoms with van der Waals surface area (Å²) in [5.41, 5.74) is 0. The van der Waals surface area contributed by atoms with Crippen molar-refractivity contribution in [2.75, 3.05) is 20.3 Å². The smallest absolute Gasteiger partial charge is 0.305 e. The molecule has 5 heteroatoms. The maximum Gasteiger partial charge on any atom is 0.305 e. The first-order chi connectivity index (χ1) is 8.10. The highest BCUT2D eigenvalue weighted by Gasteiger charge is 2.12. The van der Waals surface area contributed by atoms with Crippen molar-refractivity contribution >= 4 is 11.9 Å². The van der Waals surface area contributed by atoms with E-state index < -0.39 is 6.10 Å². The minimum Gasteiger partial charge on any atom is -0.463 e. The standard InChI is InChI=1S/C12H22O5/c1-4-5-6-7-12(14)17-9-11(15-3)8-16-10(2)13/h11H,4-9H2,1-3H3. The number of rotatable bonds is 9. The summed E-state index contributed by atoms with van der Waals surface area (Å²) in [4.78, 5) is 21.9. The predicted molar refractivity (Wildman–Crippen MR) is 62.5 cm³/mol. The maximum absolute atomic E-state index is 11.3. The Morgan fingerprint density at radius 1 is 1.12 bits per heavy atom. The van der Waals surface area contributed by atoms with Gasteiger partial charge in [0.15, 0.2) is 0 Å². The number of hydrogen-bond acceptors (Lipinski definition) is 5. The van der Waals surface area contributed by atoms with Crippen LogP contribution in [0, 0.1) is 0 Å². The van der Waals surface area contributed by atoms with Gasteiger partial charge in [-0.25, -0.2) is 0 Å². The lowest BCUT2D eigenvalue weighted by Crippen LogP contribution is -2.26. The summed E-state index contributed by atoms with van der Waals surface area (Å²) in [5, 5.41) is 0. The van der Waals surface area contributed by atoms with Gasteiger partial charge in [-0.15, -0.1) is 0 Å². The first-order valence-corrected chi connectivity index (χ1v) is 5.91. The average Bonchev–Trinajstić information content (AvgIpc) is 2.29. The van der Waals surface area contributed by atoms with Crippen LogP contribution in [0.15, 0.2) is 0 Å². The number of ether oxygens (including phenoxy) is 3. The summed E-state index contributed by atoms with van der Waals surface area (Å²) in [6, 6.07) is 0. The zero-order valence-corrected chi connectivity index (χ0v) is 10.9. The molecule has 0 saturated heterocycles. The van der Waals surface area contributed by atoms with Gasteiger partial charge in [0.05, 0.1) is 0 Å². The zero-order valence-electron chi connectivity index (χ0n) is 10.9. The largest absolute Gasteiger partial charge is 0.463 e. The molecule has 0 aromatic carbocycles. The molecule has 0 saturated carbocycles. The molecule has 0 rings (SSSR count). The Bertz CT molecular complexity index is 227. The van der Waals surface area contributed by atoms with E-state index in [0.29, 0.717) is 6.42 Å². The van der Waals surface area contributed by atoms with E-state index in [1.54, 1.807) is 0 Å². The van der Waals surface area contributed by atoms with Crippen LogP contribution in [0.3, 0.4) is 0 Å². The summed E-state index contributed by atoms with van der Waals surface area (Å²) in [7, 11) is 1.49. The highest BCUT2D eigenvalue weighted by Crippen LogP contribution is 2.02. The molecule has 0 spiro atoms. The Morgan fingerprint density at radius 3 is 2.29 bits per heavy atom. The number of unbranched alkanes of at least 4 members (excludes halogenated alkanes) is 2. The van der Waals surface area contributed by atoms with Crippen molar-refractivity contribution in [3.63, 3.8) is 0 Å². The van der Waals surface area contributed by atoms with E-state index >= 15 is 0 Å². The van der Waals surface area contributed by atoms with Crippen molar-refractivity contribution in [3.8, 4) is 0 Å². The number of hydrogen-bond donors (Lipinski definition) is 0. The first kappa shape index (κ1) is 15.9. The molecule has 5 nitrogen and oxygen atoms in total. The summed E-state index contributed by atoms with van der Waals surface area (Å²) in [5.74, 6) is -0.607. The zero-order chi connectivity index (χ0) is 13.1. The van der Waals surface area contributed by atoms with E-state index in [9.17, 15) is 9.59 Å². The molecule has 0 fully saturated rings. The van der Waals surface area contributed by atoms with Gasteiger partial charge >= 0.3 is 11.9 Å². The van der Waals surface area contributed by atoms with E-state index in [2.05, 4.69) is 6.92 Å². The van der Waals surface area contributed by atoms with Gasteiger partial charge in [0.2, 0.25) is 0 Å². The molecular weight excluding hydrogens is 224 g/mol. The van der Waals surface area contributed by atoms with Crippen LogP contribution in [-0.4, -0.2) is 38.4 Å². The van der Waals surface area contributed by atoms with Crippen molar-refractivity contribution in [2.45, 2.75) is 45.6 Å². The second-order valence-electron chi connectivity index (χ2n) is 3.80. The molecule has 0 radical (unpaired) electrons. The van der Waals surface area contributed by atoms with Gasteiger partial charge in [-0.05, 0) is 6.42 Å². The summed E-state index contributed by atoms with van der Waals surface area (Å²) in [6.45, 7) is 3.62. The van der Waals surface area contributed by atoms with E-state index in [1.807, 2.05) is 0 Å². The average molecular weight is 246 g/mol. The second kappa shape index (κ2) is 10.1. The number of carbonyl (C=O) groups is 2. The molecule has 1 unspecified atom stereocenters. The molecule has 0 N–H and O–H groups in total. The molecule has 100 valence electrons. The third-order valence-corrected chi connectivity index (χ3v) is 2.22. The first-order valence-electron chi connectivity index (χ1n) is 5.91. The summed E-state index contributed by atoms with van der Waals surface area (Å²) in [6.07, 6.45) is 2.97. The Balaban J connectivity index is 3.66. The normalized spacial score (nSPS) is 11.9. The molecule has 0 aliphatic carbocycles. The van der Waals surface area contributed by atoms with Gasteiger partial charge in [-0.1, -0.05) is 19.8 Å². The lowest BCUT2D eigenvalue weighted by molar-refractivity contribution is -0.152. The van der Waals surface area contributed by atoms with Crippen LogP contribution in [0.4, 0.5) is 0 Å². The lowest BCUT2D eigenvalue weighted by Gasteiger charge is -2.14. The number of carbonyl (C=O) groups excluding carboxylic acids is 2. The Morgan fingerprint density at radius 2 is 1.76 bits per heavy atom.